The molecule has 0 saturated carbocycles. The molecule has 1 unspecified atom stereocenters. The molecule has 1 N–H and O–H groups in total. The Labute approximate surface area is 147 Å². The molecule has 1 aliphatic carbocycles. The minimum absolute atomic E-state index is 0.298. The zero-order valence-electron chi connectivity index (χ0n) is 13.7. The predicted octanol–water partition coefficient (Wildman–Crippen LogP) is 4.15. The van der Waals surface area contributed by atoms with Crippen molar-refractivity contribution in [1.29, 1.82) is 0 Å². The number of rotatable bonds is 4. The summed E-state index contributed by atoms with van der Waals surface area (Å²) in [6.07, 6.45) is 11.8. The van der Waals surface area contributed by atoms with Crippen LogP contribution in [0.3, 0.4) is 0 Å². The molecule has 2 aliphatic rings. The molecule has 2 heterocycles. The molecule has 1 aromatic carbocycles. The molecule has 124 valence electrons. The molecule has 2 aromatic rings. The zero-order valence-corrected chi connectivity index (χ0v) is 14.5. The van der Waals surface area contributed by atoms with Crippen molar-refractivity contribution in [3.63, 3.8) is 0 Å². The van der Waals surface area contributed by atoms with Gasteiger partial charge in [-0.1, -0.05) is 42.5 Å². The number of hydrogen-bond donors (Lipinski definition) is 1. The van der Waals surface area contributed by atoms with Crippen LogP contribution in [0.5, 0.6) is 0 Å². The molecule has 0 spiro atoms. The molecule has 1 aliphatic heterocycles. The van der Waals surface area contributed by atoms with Gasteiger partial charge in [-0.3, -0.25) is 0 Å². The van der Waals surface area contributed by atoms with E-state index >= 15 is 0 Å². The van der Waals surface area contributed by atoms with E-state index in [0.29, 0.717) is 6.10 Å². The van der Waals surface area contributed by atoms with Crippen LogP contribution in [0.1, 0.15) is 29.8 Å². The molecule has 1 saturated heterocycles. The average molecular weight is 338 g/mol. The third-order valence-electron chi connectivity index (χ3n) is 4.72. The van der Waals surface area contributed by atoms with Crippen LogP contribution in [0.25, 0.3) is 5.57 Å². The number of allylic oxidation sites excluding steroid dienone is 2. The molecule has 24 heavy (non-hydrogen) atoms. The van der Waals surface area contributed by atoms with Crippen LogP contribution in [-0.2, 0) is 10.3 Å². The maximum absolute atomic E-state index is 6.62. The molecule has 0 bridgehead atoms. The molecule has 0 amide bonds. The van der Waals surface area contributed by atoms with Crippen LogP contribution in [0.15, 0.2) is 60.1 Å². The lowest BCUT2D eigenvalue weighted by molar-refractivity contribution is -0.0777. The first-order chi connectivity index (χ1) is 11.9. The van der Waals surface area contributed by atoms with Gasteiger partial charge in [0.15, 0.2) is 0 Å². The van der Waals surface area contributed by atoms with Crippen LogP contribution in [0.4, 0.5) is 0 Å². The maximum atomic E-state index is 6.62. The average Bonchev–Trinajstić information content (AvgIpc) is 3.19. The second-order valence-corrected chi connectivity index (χ2v) is 7.25. The van der Waals surface area contributed by atoms with Crippen molar-refractivity contribution in [2.45, 2.75) is 31.0 Å². The van der Waals surface area contributed by atoms with E-state index in [1.54, 1.807) is 11.3 Å². The molecule has 4 rings (SSSR count). The highest BCUT2D eigenvalue weighted by molar-refractivity contribution is 7.09. The summed E-state index contributed by atoms with van der Waals surface area (Å²) in [6.45, 7) is 2.07. The molecule has 1 fully saturated rings. The van der Waals surface area contributed by atoms with E-state index in [4.69, 9.17) is 4.74 Å². The SMILES string of the molecule is C1=CC(OC2CCNCC2)(c2nccs2)CC=C1c1ccccc1. The van der Waals surface area contributed by atoms with Crippen molar-refractivity contribution in [2.75, 3.05) is 13.1 Å². The van der Waals surface area contributed by atoms with Crippen LogP contribution in [0, 0.1) is 0 Å². The van der Waals surface area contributed by atoms with E-state index in [-0.39, 0.29) is 0 Å². The minimum Gasteiger partial charge on any atom is -0.360 e. The van der Waals surface area contributed by atoms with Crippen LogP contribution in [-0.4, -0.2) is 24.2 Å². The number of thiazole rings is 1. The quantitative estimate of drug-likeness (QED) is 0.909. The van der Waals surface area contributed by atoms with Gasteiger partial charge < -0.3 is 10.1 Å². The lowest BCUT2D eigenvalue weighted by atomic mass is 9.89. The number of hydrogen-bond acceptors (Lipinski definition) is 4. The van der Waals surface area contributed by atoms with Crippen molar-refractivity contribution < 1.29 is 4.74 Å². The molecule has 3 nitrogen and oxygen atoms in total. The number of ether oxygens (including phenoxy) is 1. The summed E-state index contributed by atoms with van der Waals surface area (Å²) in [6, 6.07) is 10.5. The summed E-state index contributed by atoms with van der Waals surface area (Å²) < 4.78 is 6.62. The predicted molar refractivity (Wildman–Crippen MR) is 98.9 cm³/mol. The fraction of sp³-hybridized carbons (Fsp3) is 0.350. The smallest absolute Gasteiger partial charge is 0.142 e. The fourth-order valence-electron chi connectivity index (χ4n) is 3.41. The number of benzene rings is 1. The van der Waals surface area contributed by atoms with Crippen LogP contribution in [0.2, 0.25) is 0 Å². The van der Waals surface area contributed by atoms with Gasteiger partial charge in [-0.05, 0) is 43.1 Å². The third-order valence-corrected chi connectivity index (χ3v) is 5.65. The summed E-state index contributed by atoms with van der Waals surface area (Å²) in [4.78, 5) is 4.57. The van der Waals surface area contributed by atoms with E-state index in [2.05, 4.69) is 58.9 Å². The van der Waals surface area contributed by atoms with Gasteiger partial charge in [-0.25, -0.2) is 4.98 Å². The highest BCUT2D eigenvalue weighted by atomic mass is 32.1. The van der Waals surface area contributed by atoms with E-state index in [9.17, 15) is 0 Å². The maximum Gasteiger partial charge on any atom is 0.142 e. The normalized spacial score (nSPS) is 24.8. The first kappa shape index (κ1) is 15.8. The van der Waals surface area contributed by atoms with Crippen molar-refractivity contribution in [3.05, 3.63) is 70.7 Å². The standard InChI is InChI=1S/C20H22N2OS/c1-2-4-16(5-3-1)17-6-10-20(11-7-17,19-22-14-15-24-19)23-18-8-12-21-13-9-18/h1-7,10,14-15,18,21H,8-9,11-13H2. The van der Waals surface area contributed by atoms with Crippen molar-refractivity contribution >= 4 is 16.9 Å². The number of nitrogens with one attached hydrogen (secondary N) is 1. The second-order valence-electron chi connectivity index (χ2n) is 6.36. The van der Waals surface area contributed by atoms with Gasteiger partial charge in [0.05, 0.1) is 6.10 Å². The highest BCUT2D eigenvalue weighted by Gasteiger charge is 2.37. The van der Waals surface area contributed by atoms with Crippen molar-refractivity contribution in [2.24, 2.45) is 0 Å². The van der Waals surface area contributed by atoms with E-state index < -0.39 is 5.60 Å². The summed E-state index contributed by atoms with van der Waals surface area (Å²) >= 11 is 1.68. The summed E-state index contributed by atoms with van der Waals surface area (Å²) in [7, 11) is 0. The third kappa shape index (κ3) is 3.22. The number of aromatic nitrogens is 1. The first-order valence-electron chi connectivity index (χ1n) is 8.59. The molecule has 1 atom stereocenters. The molecule has 1 aromatic heterocycles. The number of nitrogens with zero attached hydrogens (tertiary/aromatic N) is 1. The minimum atomic E-state index is -0.408. The second kappa shape index (κ2) is 7.01. The summed E-state index contributed by atoms with van der Waals surface area (Å²) in [5, 5.41) is 6.50. The van der Waals surface area contributed by atoms with Crippen LogP contribution < -0.4 is 5.32 Å². The monoisotopic (exact) mass is 338 g/mol. The van der Waals surface area contributed by atoms with Gasteiger partial charge in [-0.15, -0.1) is 11.3 Å². The van der Waals surface area contributed by atoms with Gasteiger partial charge in [0.25, 0.3) is 0 Å². The Balaban J connectivity index is 1.59. The topological polar surface area (TPSA) is 34.1 Å². The Morgan fingerprint density at radius 2 is 2.00 bits per heavy atom. The first-order valence-corrected chi connectivity index (χ1v) is 9.47. The summed E-state index contributed by atoms with van der Waals surface area (Å²) in [5.41, 5.74) is 2.11. The fourth-order valence-corrected chi connectivity index (χ4v) is 4.18. The Hall–Kier alpha value is -1.75. The molecular formula is C20H22N2OS. The van der Waals surface area contributed by atoms with Crippen molar-refractivity contribution in [3.8, 4) is 0 Å². The van der Waals surface area contributed by atoms with Gasteiger partial charge in [0.1, 0.15) is 10.6 Å². The van der Waals surface area contributed by atoms with E-state index in [1.165, 1.54) is 11.1 Å². The molecule has 4 heteroatoms. The van der Waals surface area contributed by atoms with Crippen molar-refractivity contribution in [1.82, 2.24) is 10.3 Å². The van der Waals surface area contributed by atoms with Gasteiger partial charge in [0.2, 0.25) is 0 Å². The van der Waals surface area contributed by atoms with Gasteiger partial charge >= 0.3 is 0 Å². The Bertz CT molecular complexity index is 717. The Morgan fingerprint density at radius 1 is 1.17 bits per heavy atom. The van der Waals surface area contributed by atoms with E-state index in [0.717, 1.165) is 37.4 Å². The Kier molecular flexibility index (Phi) is 4.60. The van der Waals surface area contributed by atoms with Crippen LogP contribution >= 0.6 is 11.3 Å². The Morgan fingerprint density at radius 3 is 2.67 bits per heavy atom. The van der Waals surface area contributed by atoms with E-state index in [1.807, 2.05) is 11.6 Å². The number of piperidine rings is 1. The largest absolute Gasteiger partial charge is 0.360 e. The molecular weight excluding hydrogens is 316 g/mol. The lowest BCUT2D eigenvalue weighted by Gasteiger charge is -2.36. The summed E-state index contributed by atoms with van der Waals surface area (Å²) in [5.74, 6) is 0. The molecule has 0 radical (unpaired) electrons. The van der Waals surface area contributed by atoms with Gasteiger partial charge in [-0.2, -0.15) is 0 Å². The lowest BCUT2D eigenvalue weighted by Crippen LogP contribution is -2.39. The zero-order chi connectivity index (χ0) is 16.2. The van der Waals surface area contributed by atoms with Gasteiger partial charge in [0, 0.05) is 18.0 Å². The highest BCUT2D eigenvalue weighted by Crippen LogP contribution is 2.40.